The largest absolute Gasteiger partial charge is 0.503 e. The van der Waals surface area contributed by atoms with Gasteiger partial charge in [-0.15, -0.1) is 0 Å². The number of phenolic OH excluding ortho intramolecular Hbond substituents is 1. The number of hydrogen-bond acceptors (Lipinski definition) is 4. The van der Waals surface area contributed by atoms with Crippen LogP contribution in [0.5, 0.6) is 17.4 Å². The number of phenols is 1. The summed E-state index contributed by atoms with van der Waals surface area (Å²) in [4.78, 5) is 7.82. The van der Waals surface area contributed by atoms with Gasteiger partial charge in [0, 0.05) is 18.0 Å². The fourth-order valence-electron chi connectivity index (χ4n) is 2.12. The van der Waals surface area contributed by atoms with Gasteiger partial charge in [0.15, 0.2) is 17.4 Å². The van der Waals surface area contributed by atoms with Crippen molar-refractivity contribution in [3.63, 3.8) is 0 Å². The quantitative estimate of drug-likeness (QED) is 0.666. The highest BCUT2D eigenvalue weighted by atomic mass is 19.4. The number of hydrogen-bond donors (Lipinski definition) is 1. The zero-order chi connectivity index (χ0) is 18.9. The smallest absolute Gasteiger partial charge is 0.416 e. The minimum atomic E-state index is -4.49. The van der Waals surface area contributed by atoms with Crippen molar-refractivity contribution in [1.82, 2.24) is 9.97 Å². The summed E-state index contributed by atoms with van der Waals surface area (Å²) in [6, 6.07) is 5.49. The Morgan fingerprint density at radius 2 is 1.46 bits per heavy atom. The van der Waals surface area contributed by atoms with Crippen LogP contribution in [0.1, 0.15) is 5.56 Å². The van der Waals surface area contributed by atoms with E-state index in [1.165, 1.54) is 12.4 Å². The molecule has 1 N–H and O–H groups in total. The molecule has 1 aromatic heterocycles. The highest BCUT2D eigenvalue weighted by Gasteiger charge is 2.30. The van der Waals surface area contributed by atoms with Crippen LogP contribution >= 0.6 is 0 Å². The summed E-state index contributed by atoms with van der Waals surface area (Å²) in [5.74, 6) is -3.68. The topological polar surface area (TPSA) is 55.2 Å². The Labute approximate surface area is 143 Å². The average Bonchev–Trinajstić information content (AvgIpc) is 2.59. The lowest BCUT2D eigenvalue weighted by molar-refractivity contribution is -0.137. The number of halogens is 5. The molecule has 0 saturated heterocycles. The number of nitrogens with zero attached hydrogens (tertiary/aromatic N) is 2. The first-order valence-electron chi connectivity index (χ1n) is 7.10. The summed E-state index contributed by atoms with van der Waals surface area (Å²) < 4.78 is 70.3. The molecule has 0 amide bonds. The van der Waals surface area contributed by atoms with Crippen LogP contribution in [0, 0.1) is 11.6 Å². The zero-order valence-corrected chi connectivity index (χ0v) is 12.8. The highest BCUT2D eigenvalue weighted by molar-refractivity contribution is 5.65. The molecule has 0 unspecified atom stereocenters. The molecule has 0 aliphatic heterocycles. The number of aromatic nitrogens is 2. The number of alkyl halides is 3. The van der Waals surface area contributed by atoms with Gasteiger partial charge in [-0.05, 0) is 36.4 Å². The Hall–Kier alpha value is -3.23. The van der Waals surface area contributed by atoms with Crippen LogP contribution in [0.15, 0.2) is 48.8 Å². The van der Waals surface area contributed by atoms with Gasteiger partial charge >= 0.3 is 6.18 Å². The van der Waals surface area contributed by atoms with Crippen LogP contribution in [-0.4, -0.2) is 15.1 Å². The summed E-state index contributed by atoms with van der Waals surface area (Å²) in [5.41, 5.74) is -0.968. The molecule has 26 heavy (non-hydrogen) atoms. The van der Waals surface area contributed by atoms with Gasteiger partial charge in [-0.1, -0.05) is 0 Å². The zero-order valence-electron chi connectivity index (χ0n) is 12.8. The first-order valence-corrected chi connectivity index (χ1v) is 7.10. The maximum atomic E-state index is 13.6. The highest BCUT2D eigenvalue weighted by Crippen LogP contribution is 2.34. The predicted molar refractivity (Wildman–Crippen MR) is 80.6 cm³/mol. The molecule has 3 rings (SSSR count). The minimum absolute atomic E-state index is 0.0273. The van der Waals surface area contributed by atoms with Gasteiger partial charge in [-0.3, -0.25) is 0 Å². The SMILES string of the molecule is Oc1c(F)cc(-c2nccnc2Oc2ccc(C(F)(F)F)cc2)cc1F. The summed E-state index contributed by atoms with van der Waals surface area (Å²) in [6.07, 6.45) is -2.00. The minimum Gasteiger partial charge on any atom is -0.503 e. The maximum absolute atomic E-state index is 13.6. The van der Waals surface area contributed by atoms with Gasteiger partial charge in [0.2, 0.25) is 5.88 Å². The third kappa shape index (κ3) is 3.56. The number of aromatic hydroxyl groups is 1. The predicted octanol–water partition coefficient (Wildman–Crippen LogP) is 4.94. The first-order chi connectivity index (χ1) is 12.3. The lowest BCUT2D eigenvalue weighted by Gasteiger charge is -2.11. The molecule has 0 saturated carbocycles. The number of benzene rings is 2. The van der Waals surface area contributed by atoms with Crippen molar-refractivity contribution in [2.24, 2.45) is 0 Å². The average molecular weight is 368 g/mol. The second-order valence-electron chi connectivity index (χ2n) is 5.12. The van der Waals surface area contributed by atoms with E-state index in [9.17, 15) is 22.0 Å². The van der Waals surface area contributed by atoms with Crippen molar-refractivity contribution < 1.29 is 31.8 Å². The monoisotopic (exact) mass is 368 g/mol. The summed E-state index contributed by atoms with van der Waals surface area (Å²) in [5, 5.41) is 9.16. The van der Waals surface area contributed by atoms with Crippen molar-refractivity contribution in [2.75, 3.05) is 0 Å². The van der Waals surface area contributed by atoms with E-state index >= 15 is 0 Å². The van der Waals surface area contributed by atoms with Gasteiger partial charge in [-0.25, -0.2) is 18.7 Å². The third-order valence-corrected chi connectivity index (χ3v) is 3.35. The van der Waals surface area contributed by atoms with Crippen LogP contribution in [0.4, 0.5) is 22.0 Å². The van der Waals surface area contributed by atoms with E-state index in [0.29, 0.717) is 0 Å². The fraction of sp³-hybridized carbons (Fsp3) is 0.0588. The fourth-order valence-corrected chi connectivity index (χ4v) is 2.12. The molecule has 9 heteroatoms. The first kappa shape index (κ1) is 17.6. The van der Waals surface area contributed by atoms with Crippen LogP contribution in [0.2, 0.25) is 0 Å². The van der Waals surface area contributed by atoms with Crippen molar-refractivity contribution >= 4 is 0 Å². The third-order valence-electron chi connectivity index (χ3n) is 3.35. The molecule has 4 nitrogen and oxygen atoms in total. The number of ether oxygens (including phenoxy) is 1. The van der Waals surface area contributed by atoms with E-state index in [1.54, 1.807) is 0 Å². The molecular weight excluding hydrogens is 359 g/mol. The maximum Gasteiger partial charge on any atom is 0.416 e. The van der Waals surface area contributed by atoms with Gasteiger partial charge < -0.3 is 9.84 Å². The van der Waals surface area contributed by atoms with E-state index in [2.05, 4.69) is 9.97 Å². The van der Waals surface area contributed by atoms with Crippen LogP contribution < -0.4 is 4.74 Å². The summed E-state index contributed by atoms with van der Waals surface area (Å²) in [7, 11) is 0. The van der Waals surface area contributed by atoms with Crippen LogP contribution in [0.25, 0.3) is 11.3 Å². The molecule has 2 aromatic carbocycles. The van der Waals surface area contributed by atoms with Crippen molar-refractivity contribution in [3.8, 4) is 28.6 Å². The molecule has 0 atom stereocenters. The van der Waals surface area contributed by atoms with Gasteiger partial charge in [0.25, 0.3) is 0 Å². The number of rotatable bonds is 3. The van der Waals surface area contributed by atoms with Crippen molar-refractivity contribution in [1.29, 1.82) is 0 Å². The molecule has 3 aromatic rings. The van der Waals surface area contributed by atoms with E-state index in [-0.39, 0.29) is 22.9 Å². The van der Waals surface area contributed by atoms with Gasteiger partial charge in [0.1, 0.15) is 11.4 Å². The lowest BCUT2D eigenvalue weighted by Crippen LogP contribution is -2.04. The second kappa shape index (κ2) is 6.58. The van der Waals surface area contributed by atoms with Gasteiger partial charge in [-0.2, -0.15) is 13.2 Å². The van der Waals surface area contributed by atoms with E-state index in [0.717, 1.165) is 36.4 Å². The lowest BCUT2D eigenvalue weighted by atomic mass is 10.1. The molecule has 0 aliphatic carbocycles. The molecule has 1 heterocycles. The summed E-state index contributed by atoms with van der Waals surface area (Å²) >= 11 is 0. The molecule has 0 bridgehead atoms. The van der Waals surface area contributed by atoms with E-state index in [1.807, 2.05) is 0 Å². The van der Waals surface area contributed by atoms with Crippen molar-refractivity contribution in [2.45, 2.75) is 6.18 Å². The van der Waals surface area contributed by atoms with E-state index < -0.39 is 29.1 Å². The Morgan fingerprint density at radius 1 is 0.885 bits per heavy atom. The van der Waals surface area contributed by atoms with Crippen molar-refractivity contribution in [3.05, 3.63) is 66.0 Å². The molecule has 0 aliphatic rings. The Balaban J connectivity index is 1.96. The molecule has 134 valence electrons. The summed E-state index contributed by atoms with van der Waals surface area (Å²) in [6.45, 7) is 0. The molecule has 0 radical (unpaired) electrons. The standard InChI is InChI=1S/C17H9F5N2O2/c18-12-7-9(8-13(19)15(12)25)14-16(24-6-5-23-14)26-11-3-1-10(2-4-11)17(20,21)22/h1-8,25H. The van der Waals surface area contributed by atoms with Gasteiger partial charge in [0.05, 0.1) is 5.56 Å². The molecule has 0 fully saturated rings. The Kier molecular flexibility index (Phi) is 4.45. The molecular formula is C17H9F5N2O2. The second-order valence-corrected chi connectivity index (χ2v) is 5.12. The molecule has 0 spiro atoms. The Bertz CT molecular complexity index is 920. The normalized spacial score (nSPS) is 11.4. The van der Waals surface area contributed by atoms with E-state index in [4.69, 9.17) is 9.84 Å². The van der Waals surface area contributed by atoms with Crippen LogP contribution in [0.3, 0.4) is 0 Å². The Morgan fingerprint density at radius 3 is 2.04 bits per heavy atom. The van der Waals surface area contributed by atoms with Crippen LogP contribution in [-0.2, 0) is 6.18 Å².